The molecule has 0 heterocycles. The van der Waals surface area contributed by atoms with E-state index >= 15 is 0 Å². The SMILES string of the molecule is Cc1cc(OCCCCCS)ccc1Cl. The highest BCUT2D eigenvalue weighted by Gasteiger charge is 1.98. The zero-order chi connectivity index (χ0) is 11.1. The molecule has 15 heavy (non-hydrogen) atoms. The van der Waals surface area contributed by atoms with Gasteiger partial charge in [-0.25, -0.2) is 0 Å². The van der Waals surface area contributed by atoms with Gasteiger partial charge in [-0.1, -0.05) is 11.6 Å². The number of rotatable bonds is 6. The van der Waals surface area contributed by atoms with E-state index in [9.17, 15) is 0 Å². The molecule has 0 aliphatic rings. The van der Waals surface area contributed by atoms with Crippen molar-refractivity contribution in [3.63, 3.8) is 0 Å². The number of benzene rings is 1. The molecule has 0 N–H and O–H groups in total. The lowest BCUT2D eigenvalue weighted by Crippen LogP contribution is -1.97. The average Bonchev–Trinajstić information content (AvgIpc) is 2.23. The molecule has 0 saturated carbocycles. The first-order chi connectivity index (χ1) is 7.24. The third-order valence-electron chi connectivity index (χ3n) is 2.20. The van der Waals surface area contributed by atoms with Gasteiger partial charge >= 0.3 is 0 Å². The van der Waals surface area contributed by atoms with Gasteiger partial charge in [0.1, 0.15) is 5.75 Å². The minimum atomic E-state index is 0.773. The van der Waals surface area contributed by atoms with Gasteiger partial charge in [0.25, 0.3) is 0 Å². The van der Waals surface area contributed by atoms with Crippen LogP contribution < -0.4 is 4.74 Å². The largest absolute Gasteiger partial charge is 0.494 e. The van der Waals surface area contributed by atoms with E-state index in [4.69, 9.17) is 16.3 Å². The summed E-state index contributed by atoms with van der Waals surface area (Å²) in [6.45, 7) is 2.75. The fourth-order valence-electron chi connectivity index (χ4n) is 1.29. The number of ether oxygens (including phenoxy) is 1. The second-order valence-corrected chi connectivity index (χ2v) is 4.40. The van der Waals surface area contributed by atoms with Crippen LogP contribution in [0.25, 0.3) is 0 Å². The van der Waals surface area contributed by atoms with Crippen molar-refractivity contribution in [1.29, 1.82) is 0 Å². The zero-order valence-corrected chi connectivity index (χ0v) is 10.7. The lowest BCUT2D eigenvalue weighted by molar-refractivity contribution is 0.306. The Morgan fingerprint density at radius 1 is 1.27 bits per heavy atom. The molecular formula is C12H17ClOS. The van der Waals surface area contributed by atoms with Crippen molar-refractivity contribution in [3.05, 3.63) is 28.8 Å². The Balaban J connectivity index is 2.28. The van der Waals surface area contributed by atoms with Crippen molar-refractivity contribution in [2.45, 2.75) is 26.2 Å². The third kappa shape index (κ3) is 4.80. The van der Waals surface area contributed by atoms with Crippen LogP contribution in [0, 0.1) is 6.92 Å². The van der Waals surface area contributed by atoms with E-state index in [1.165, 1.54) is 6.42 Å². The number of unbranched alkanes of at least 4 members (excludes halogenated alkanes) is 2. The van der Waals surface area contributed by atoms with Crippen LogP contribution in [-0.2, 0) is 0 Å². The van der Waals surface area contributed by atoms with Crippen LogP contribution in [-0.4, -0.2) is 12.4 Å². The van der Waals surface area contributed by atoms with Crippen molar-refractivity contribution >= 4 is 24.2 Å². The Kier molecular flexibility index (Phi) is 5.96. The van der Waals surface area contributed by atoms with Gasteiger partial charge in [0.05, 0.1) is 6.61 Å². The van der Waals surface area contributed by atoms with E-state index in [0.717, 1.165) is 41.5 Å². The molecule has 1 aromatic carbocycles. The van der Waals surface area contributed by atoms with E-state index in [0.29, 0.717) is 0 Å². The second-order valence-electron chi connectivity index (χ2n) is 3.54. The Labute approximate surface area is 102 Å². The summed E-state index contributed by atoms with van der Waals surface area (Å²) in [7, 11) is 0. The molecule has 0 aromatic heterocycles. The van der Waals surface area contributed by atoms with Crippen LogP contribution >= 0.6 is 24.2 Å². The van der Waals surface area contributed by atoms with Crippen molar-refractivity contribution < 1.29 is 4.74 Å². The maximum absolute atomic E-state index is 5.92. The molecule has 0 saturated heterocycles. The summed E-state index contributed by atoms with van der Waals surface area (Å²) in [6.07, 6.45) is 3.42. The first-order valence-electron chi connectivity index (χ1n) is 5.24. The number of aryl methyl sites for hydroxylation is 1. The number of thiol groups is 1. The predicted molar refractivity (Wildman–Crippen MR) is 69.4 cm³/mol. The molecule has 1 rings (SSSR count). The van der Waals surface area contributed by atoms with Gasteiger partial charge in [0, 0.05) is 5.02 Å². The molecule has 1 aromatic rings. The highest BCUT2D eigenvalue weighted by molar-refractivity contribution is 7.80. The molecule has 0 amide bonds. The monoisotopic (exact) mass is 244 g/mol. The maximum atomic E-state index is 5.92. The third-order valence-corrected chi connectivity index (χ3v) is 2.94. The van der Waals surface area contributed by atoms with Gasteiger partial charge in [0.2, 0.25) is 0 Å². The van der Waals surface area contributed by atoms with Gasteiger partial charge in [-0.05, 0) is 55.7 Å². The zero-order valence-electron chi connectivity index (χ0n) is 9.00. The molecule has 0 unspecified atom stereocenters. The fraction of sp³-hybridized carbons (Fsp3) is 0.500. The summed E-state index contributed by atoms with van der Waals surface area (Å²) in [5.74, 6) is 1.86. The van der Waals surface area contributed by atoms with Gasteiger partial charge in [-0.3, -0.25) is 0 Å². The summed E-state index contributed by atoms with van der Waals surface area (Å²) in [5, 5.41) is 0.789. The first kappa shape index (κ1) is 12.7. The van der Waals surface area contributed by atoms with Gasteiger partial charge in [0.15, 0.2) is 0 Å². The molecular weight excluding hydrogens is 228 g/mol. The fourth-order valence-corrected chi connectivity index (χ4v) is 1.63. The number of halogens is 1. The van der Waals surface area contributed by atoms with Gasteiger partial charge in [-0.15, -0.1) is 0 Å². The minimum absolute atomic E-state index is 0.773. The highest BCUT2D eigenvalue weighted by Crippen LogP contribution is 2.21. The summed E-state index contributed by atoms with van der Waals surface area (Å²) in [4.78, 5) is 0. The summed E-state index contributed by atoms with van der Waals surface area (Å²) >= 11 is 10.1. The smallest absolute Gasteiger partial charge is 0.119 e. The summed E-state index contributed by atoms with van der Waals surface area (Å²) in [5.41, 5.74) is 1.06. The van der Waals surface area contributed by atoms with E-state index in [1.807, 2.05) is 25.1 Å². The maximum Gasteiger partial charge on any atom is 0.119 e. The molecule has 3 heteroatoms. The Morgan fingerprint density at radius 2 is 2.07 bits per heavy atom. The molecule has 84 valence electrons. The lowest BCUT2D eigenvalue weighted by atomic mass is 10.2. The Morgan fingerprint density at radius 3 is 2.73 bits per heavy atom. The van der Waals surface area contributed by atoms with Crippen LogP contribution in [0.3, 0.4) is 0 Å². The van der Waals surface area contributed by atoms with Crippen LogP contribution in [0.1, 0.15) is 24.8 Å². The average molecular weight is 245 g/mol. The van der Waals surface area contributed by atoms with Crippen LogP contribution in [0.15, 0.2) is 18.2 Å². The molecule has 0 radical (unpaired) electrons. The van der Waals surface area contributed by atoms with Crippen LogP contribution in [0.5, 0.6) is 5.75 Å². The van der Waals surface area contributed by atoms with Crippen LogP contribution in [0.2, 0.25) is 5.02 Å². The second kappa shape index (κ2) is 7.02. The molecule has 0 aliphatic carbocycles. The van der Waals surface area contributed by atoms with Crippen molar-refractivity contribution in [2.75, 3.05) is 12.4 Å². The number of hydrogen-bond acceptors (Lipinski definition) is 2. The quantitative estimate of drug-likeness (QED) is 0.585. The normalized spacial score (nSPS) is 10.3. The topological polar surface area (TPSA) is 9.23 Å². The molecule has 0 spiro atoms. The molecule has 0 fully saturated rings. The minimum Gasteiger partial charge on any atom is -0.494 e. The van der Waals surface area contributed by atoms with E-state index in [1.54, 1.807) is 0 Å². The van der Waals surface area contributed by atoms with E-state index in [-0.39, 0.29) is 0 Å². The lowest BCUT2D eigenvalue weighted by Gasteiger charge is -2.07. The summed E-state index contributed by atoms with van der Waals surface area (Å²) < 4.78 is 5.60. The van der Waals surface area contributed by atoms with Crippen molar-refractivity contribution in [1.82, 2.24) is 0 Å². The Hall–Kier alpha value is -0.340. The highest BCUT2D eigenvalue weighted by atomic mass is 35.5. The number of hydrogen-bond donors (Lipinski definition) is 1. The van der Waals surface area contributed by atoms with E-state index < -0.39 is 0 Å². The molecule has 0 bridgehead atoms. The van der Waals surface area contributed by atoms with E-state index in [2.05, 4.69) is 12.6 Å². The summed E-state index contributed by atoms with van der Waals surface area (Å²) in [6, 6.07) is 5.76. The molecule has 0 atom stereocenters. The van der Waals surface area contributed by atoms with Crippen molar-refractivity contribution in [2.24, 2.45) is 0 Å². The predicted octanol–water partition coefficient (Wildman–Crippen LogP) is 4.13. The van der Waals surface area contributed by atoms with Gasteiger partial charge < -0.3 is 4.74 Å². The molecule has 0 aliphatic heterocycles. The van der Waals surface area contributed by atoms with Crippen LogP contribution in [0.4, 0.5) is 0 Å². The van der Waals surface area contributed by atoms with Gasteiger partial charge in [-0.2, -0.15) is 12.6 Å². The Bertz CT molecular complexity index is 302. The van der Waals surface area contributed by atoms with Crippen molar-refractivity contribution in [3.8, 4) is 5.75 Å². The first-order valence-corrected chi connectivity index (χ1v) is 6.25. The standard InChI is InChI=1S/C12H17ClOS/c1-10-9-11(5-6-12(10)13)14-7-3-2-4-8-15/h5-6,9,15H,2-4,7-8H2,1H3. The molecule has 1 nitrogen and oxygen atoms in total.